The number of nitrogens with one attached hydrogen (secondary N) is 1. The summed E-state index contributed by atoms with van der Waals surface area (Å²) in [6.07, 6.45) is 0.975. The van der Waals surface area contributed by atoms with E-state index in [1.54, 1.807) is 29.2 Å². The van der Waals surface area contributed by atoms with E-state index in [9.17, 15) is 13.2 Å². The lowest BCUT2D eigenvalue weighted by molar-refractivity contribution is 0.0552. The second-order valence-electron chi connectivity index (χ2n) is 8.54. The minimum absolute atomic E-state index is 0.127. The van der Waals surface area contributed by atoms with Crippen LogP contribution < -0.4 is 11.1 Å². The SMILES string of the molecule is N#CCCC1CN(S(=O)(=O)c2cc3ccc(Cl)cc3s2)CCN1C(=O)c1nc2c(s1)CNC(N)C2. The molecule has 2 aliphatic heterocycles. The lowest BCUT2D eigenvalue weighted by Gasteiger charge is -2.40. The molecule has 9 nitrogen and oxygen atoms in total. The van der Waals surface area contributed by atoms with Gasteiger partial charge in [0.05, 0.1) is 17.9 Å². The molecule has 5 rings (SSSR count). The summed E-state index contributed by atoms with van der Waals surface area (Å²) < 4.78 is 29.4. The molecule has 3 aromatic rings. The predicted octanol–water partition coefficient (Wildman–Crippen LogP) is 2.76. The van der Waals surface area contributed by atoms with Crippen LogP contribution in [-0.2, 0) is 23.0 Å². The third-order valence-corrected chi connectivity index (χ3v) is 11.0. The summed E-state index contributed by atoms with van der Waals surface area (Å²) in [5.41, 5.74) is 6.79. The number of halogens is 1. The molecule has 4 heterocycles. The summed E-state index contributed by atoms with van der Waals surface area (Å²) in [6, 6.07) is 8.64. The Balaban J connectivity index is 1.38. The van der Waals surface area contributed by atoms with Gasteiger partial charge < -0.3 is 10.6 Å². The van der Waals surface area contributed by atoms with Gasteiger partial charge in [-0.05, 0) is 30.0 Å². The van der Waals surface area contributed by atoms with Crippen molar-refractivity contribution in [1.29, 1.82) is 5.26 Å². The van der Waals surface area contributed by atoms with Gasteiger partial charge >= 0.3 is 0 Å². The van der Waals surface area contributed by atoms with Gasteiger partial charge in [-0.3, -0.25) is 10.1 Å². The van der Waals surface area contributed by atoms with E-state index >= 15 is 0 Å². The summed E-state index contributed by atoms with van der Waals surface area (Å²) in [6.45, 7) is 1.10. The van der Waals surface area contributed by atoms with Gasteiger partial charge in [-0.15, -0.1) is 22.7 Å². The number of hydrogen-bond donors (Lipinski definition) is 2. The fourth-order valence-corrected chi connectivity index (χ4v) is 8.72. The van der Waals surface area contributed by atoms with E-state index in [1.807, 2.05) is 0 Å². The molecule has 0 radical (unpaired) electrons. The third kappa shape index (κ3) is 4.82. The van der Waals surface area contributed by atoms with Crippen LogP contribution in [0.15, 0.2) is 28.5 Å². The molecule has 184 valence electrons. The number of thiophene rings is 1. The van der Waals surface area contributed by atoms with Gasteiger partial charge in [-0.2, -0.15) is 9.57 Å². The first-order valence-electron chi connectivity index (χ1n) is 11.1. The van der Waals surface area contributed by atoms with Gasteiger partial charge in [0.25, 0.3) is 15.9 Å². The van der Waals surface area contributed by atoms with Crippen molar-refractivity contribution in [3.05, 3.63) is 44.9 Å². The summed E-state index contributed by atoms with van der Waals surface area (Å²) >= 11 is 8.59. The predicted molar refractivity (Wildman–Crippen MR) is 136 cm³/mol. The summed E-state index contributed by atoms with van der Waals surface area (Å²) in [7, 11) is -3.76. The maximum Gasteiger partial charge on any atom is 0.283 e. The normalized spacial score (nSPS) is 21.1. The first-order valence-corrected chi connectivity index (χ1v) is 14.6. The van der Waals surface area contributed by atoms with Gasteiger partial charge in [0, 0.05) is 59.7 Å². The maximum atomic E-state index is 13.5. The van der Waals surface area contributed by atoms with Crippen molar-refractivity contribution in [2.75, 3.05) is 19.6 Å². The number of benzene rings is 1. The number of amides is 1. The van der Waals surface area contributed by atoms with Gasteiger partial charge in [0.1, 0.15) is 4.21 Å². The van der Waals surface area contributed by atoms with Crippen molar-refractivity contribution >= 4 is 60.3 Å². The highest BCUT2D eigenvalue weighted by molar-refractivity contribution is 7.91. The van der Waals surface area contributed by atoms with Gasteiger partial charge in [0.2, 0.25) is 0 Å². The number of nitrogens with zero attached hydrogens (tertiary/aromatic N) is 4. The largest absolute Gasteiger partial charge is 0.331 e. The fourth-order valence-electron chi connectivity index (χ4n) is 4.43. The number of sulfonamides is 1. The van der Waals surface area contributed by atoms with Crippen molar-refractivity contribution in [1.82, 2.24) is 19.5 Å². The van der Waals surface area contributed by atoms with Crippen LogP contribution in [0.25, 0.3) is 10.1 Å². The Hall–Kier alpha value is -2.11. The van der Waals surface area contributed by atoms with Crippen molar-refractivity contribution < 1.29 is 13.2 Å². The van der Waals surface area contributed by atoms with E-state index in [0.29, 0.717) is 29.4 Å². The van der Waals surface area contributed by atoms with Crippen LogP contribution in [0.1, 0.15) is 33.2 Å². The summed E-state index contributed by atoms with van der Waals surface area (Å²) in [4.78, 5) is 20.6. The Morgan fingerprint density at radius 3 is 2.94 bits per heavy atom. The average Bonchev–Trinajstić information content (AvgIpc) is 3.46. The highest BCUT2D eigenvalue weighted by atomic mass is 35.5. The zero-order chi connectivity index (χ0) is 24.7. The van der Waals surface area contributed by atoms with Gasteiger partial charge in [0.15, 0.2) is 5.01 Å². The van der Waals surface area contributed by atoms with E-state index in [2.05, 4.69) is 16.4 Å². The standard InChI is InChI=1S/C22H23ClN6O3S3/c23-14-4-3-13-8-20(33-17(13)9-14)35(31,32)28-6-7-29(15(12-28)2-1-5-24)22(30)21-27-16-10-19(25)26-11-18(16)34-21/h3-4,8-9,15,19,26H,1-2,6-7,10-12,25H2. The van der Waals surface area contributed by atoms with Crippen LogP contribution in [0.3, 0.4) is 0 Å². The van der Waals surface area contributed by atoms with E-state index in [1.165, 1.54) is 27.0 Å². The number of nitriles is 1. The second-order valence-corrected chi connectivity index (χ2v) is 13.3. The minimum atomic E-state index is -3.76. The Morgan fingerprint density at radius 2 is 2.14 bits per heavy atom. The molecule has 2 aliphatic rings. The minimum Gasteiger partial charge on any atom is -0.331 e. The number of carbonyl (C=O) groups is 1. The Kier molecular flexibility index (Phi) is 6.84. The molecule has 1 saturated heterocycles. The highest BCUT2D eigenvalue weighted by Crippen LogP contribution is 2.34. The van der Waals surface area contributed by atoms with Crippen molar-refractivity contribution in [3.8, 4) is 6.07 Å². The molecular weight excluding hydrogens is 528 g/mol. The molecule has 1 amide bonds. The zero-order valence-corrected chi connectivity index (χ0v) is 21.8. The van der Waals surface area contributed by atoms with Crippen molar-refractivity contribution in [2.45, 2.75) is 42.2 Å². The quantitative estimate of drug-likeness (QED) is 0.499. The van der Waals surface area contributed by atoms with Crippen LogP contribution in [0.4, 0.5) is 0 Å². The van der Waals surface area contributed by atoms with Crippen molar-refractivity contribution in [3.63, 3.8) is 0 Å². The van der Waals surface area contributed by atoms with Crippen LogP contribution in [-0.4, -0.2) is 60.4 Å². The molecule has 35 heavy (non-hydrogen) atoms. The monoisotopic (exact) mass is 550 g/mol. The first kappa shape index (κ1) is 24.6. The highest BCUT2D eigenvalue weighted by Gasteiger charge is 2.38. The smallest absolute Gasteiger partial charge is 0.283 e. The number of fused-ring (bicyclic) bond motifs is 2. The number of rotatable bonds is 5. The zero-order valence-electron chi connectivity index (χ0n) is 18.6. The molecule has 1 fully saturated rings. The number of carbonyl (C=O) groups excluding carboxylic acids is 1. The number of hydrogen-bond acceptors (Lipinski definition) is 9. The molecule has 3 N–H and O–H groups in total. The lowest BCUT2D eigenvalue weighted by atomic mass is 10.1. The summed E-state index contributed by atoms with van der Waals surface area (Å²) in [5, 5.41) is 14.1. The molecule has 13 heteroatoms. The second kappa shape index (κ2) is 9.74. The third-order valence-electron chi connectivity index (χ3n) is 6.25. The molecule has 2 atom stereocenters. The van der Waals surface area contributed by atoms with Crippen LogP contribution in [0, 0.1) is 11.3 Å². The van der Waals surface area contributed by atoms with E-state index in [0.717, 1.165) is 20.7 Å². The molecule has 0 spiro atoms. The molecule has 0 bridgehead atoms. The molecular formula is C22H23ClN6O3S3. The first-order chi connectivity index (χ1) is 16.8. The molecule has 1 aromatic carbocycles. The van der Waals surface area contributed by atoms with E-state index in [4.69, 9.17) is 22.6 Å². The summed E-state index contributed by atoms with van der Waals surface area (Å²) in [5.74, 6) is -0.227. The Morgan fingerprint density at radius 1 is 1.31 bits per heavy atom. The molecule has 0 saturated carbocycles. The van der Waals surface area contributed by atoms with Crippen molar-refractivity contribution in [2.24, 2.45) is 5.73 Å². The molecule has 2 unspecified atom stereocenters. The number of aromatic nitrogens is 1. The van der Waals surface area contributed by atoms with Crippen LogP contribution in [0.2, 0.25) is 5.02 Å². The lowest BCUT2D eigenvalue weighted by Crippen LogP contribution is -2.56. The van der Waals surface area contributed by atoms with E-state index in [-0.39, 0.29) is 42.3 Å². The van der Waals surface area contributed by atoms with Crippen LogP contribution >= 0.6 is 34.3 Å². The number of nitrogens with two attached hydrogens (primary N) is 1. The fraction of sp³-hybridized carbons (Fsp3) is 0.409. The number of thiazole rings is 1. The van der Waals surface area contributed by atoms with Gasteiger partial charge in [-0.1, -0.05) is 17.7 Å². The molecule has 0 aliphatic carbocycles. The molecule has 2 aromatic heterocycles. The van der Waals surface area contributed by atoms with Gasteiger partial charge in [-0.25, -0.2) is 13.4 Å². The van der Waals surface area contributed by atoms with E-state index < -0.39 is 16.1 Å². The van der Waals surface area contributed by atoms with Crippen LogP contribution in [0.5, 0.6) is 0 Å². The average molecular weight is 551 g/mol. The Labute approximate surface area is 216 Å². The number of piperazine rings is 1. The maximum absolute atomic E-state index is 13.5. The Bertz CT molecular complexity index is 1430. The topological polar surface area (TPSA) is 132 Å².